The van der Waals surface area contributed by atoms with Gasteiger partial charge in [-0.25, -0.2) is 0 Å². The number of hydrogen-bond donors (Lipinski definition) is 0. The molecule has 256 valence electrons. The Hall–Kier alpha value is -0.790. The highest BCUT2D eigenvalue weighted by Gasteiger charge is 2.03. The lowest BCUT2D eigenvalue weighted by molar-refractivity contribution is -0.143. The van der Waals surface area contributed by atoms with Crippen molar-refractivity contribution >= 4 is 5.97 Å². The minimum absolute atomic E-state index is 0.0186. The zero-order valence-electron chi connectivity index (χ0n) is 30.1. The Morgan fingerprint density at radius 1 is 0.488 bits per heavy atom. The normalized spacial score (nSPS) is 12.3. The van der Waals surface area contributed by atoms with Crippen molar-refractivity contribution in [3.63, 3.8) is 0 Å². The van der Waals surface area contributed by atoms with Crippen molar-refractivity contribution in [1.82, 2.24) is 0 Å². The highest BCUT2D eigenvalue weighted by atomic mass is 16.5. The minimum Gasteiger partial charge on any atom is -0.466 e. The lowest BCUT2D eigenvalue weighted by atomic mass is 9.99. The number of allylic oxidation sites excluding steroid dienone is 2. The van der Waals surface area contributed by atoms with E-state index in [2.05, 4.69) is 32.9 Å². The summed E-state index contributed by atoms with van der Waals surface area (Å²) in [4.78, 5) is 12.0. The zero-order valence-corrected chi connectivity index (χ0v) is 30.1. The third-order valence-electron chi connectivity index (χ3n) is 9.44. The van der Waals surface area contributed by atoms with Crippen LogP contribution in [0.3, 0.4) is 0 Å². The largest absolute Gasteiger partial charge is 0.466 e. The molecule has 0 aliphatic carbocycles. The fourth-order valence-corrected chi connectivity index (χ4v) is 6.05. The molecule has 0 amide bonds. The van der Waals surface area contributed by atoms with Gasteiger partial charge in [-0.2, -0.15) is 0 Å². The van der Waals surface area contributed by atoms with E-state index >= 15 is 0 Å². The van der Waals surface area contributed by atoms with Crippen LogP contribution < -0.4 is 0 Å². The molecule has 2 nitrogen and oxygen atoms in total. The Labute approximate surface area is 272 Å². The summed E-state index contributed by atoms with van der Waals surface area (Å²) in [5.74, 6) is 0.949. The third-order valence-corrected chi connectivity index (χ3v) is 9.44. The molecule has 0 fully saturated rings. The maximum atomic E-state index is 12.0. The van der Waals surface area contributed by atoms with E-state index in [1.165, 1.54) is 186 Å². The van der Waals surface area contributed by atoms with Crippen LogP contribution in [0.25, 0.3) is 0 Å². The van der Waals surface area contributed by atoms with Crippen molar-refractivity contribution in [2.45, 2.75) is 233 Å². The van der Waals surface area contributed by atoms with Crippen LogP contribution in [-0.4, -0.2) is 12.6 Å². The van der Waals surface area contributed by atoms with Crippen molar-refractivity contribution in [2.24, 2.45) is 5.92 Å². The molecule has 0 aliphatic rings. The lowest BCUT2D eigenvalue weighted by Gasteiger charge is -2.07. The van der Waals surface area contributed by atoms with Crippen LogP contribution in [0.1, 0.15) is 233 Å². The van der Waals surface area contributed by atoms with Crippen molar-refractivity contribution in [2.75, 3.05) is 6.61 Å². The fraction of sp³-hybridized carbons (Fsp3) is 0.927. The molecule has 0 aliphatic heterocycles. The van der Waals surface area contributed by atoms with E-state index in [0.29, 0.717) is 13.0 Å². The predicted octanol–water partition coefficient (Wildman–Crippen LogP) is 14.6. The Morgan fingerprint density at radius 3 is 1.30 bits per heavy atom. The highest BCUT2D eigenvalue weighted by Crippen LogP contribution is 2.17. The van der Waals surface area contributed by atoms with Gasteiger partial charge in [-0.05, 0) is 44.4 Å². The molecular weight excluding hydrogens is 524 g/mol. The molecule has 1 atom stereocenters. The van der Waals surface area contributed by atoms with Gasteiger partial charge in [0, 0.05) is 6.42 Å². The molecule has 2 heteroatoms. The second-order valence-corrected chi connectivity index (χ2v) is 13.9. The summed E-state index contributed by atoms with van der Waals surface area (Å²) >= 11 is 0. The van der Waals surface area contributed by atoms with Crippen LogP contribution in [0, 0.1) is 5.92 Å². The molecule has 43 heavy (non-hydrogen) atoms. The van der Waals surface area contributed by atoms with Crippen LogP contribution in [0.5, 0.6) is 0 Å². The molecule has 1 unspecified atom stereocenters. The van der Waals surface area contributed by atoms with E-state index in [9.17, 15) is 4.79 Å². The smallest absolute Gasteiger partial charge is 0.305 e. The molecule has 0 aromatic carbocycles. The number of unbranched alkanes of at least 4 members (excludes halogenated alkanes) is 27. The summed E-state index contributed by atoms with van der Waals surface area (Å²) in [5.41, 5.74) is 0. The standard InChI is InChI=1S/C41H80O2/c1-4-6-7-8-9-10-11-12-16-20-23-26-29-32-35-38-41(42)43-39-36-33-30-27-24-21-18-15-13-14-17-19-22-25-28-31-34-37-40(3)5-2/h12,16,40H,4-11,13-15,17-39H2,1-3H3/b16-12-. The fourth-order valence-electron chi connectivity index (χ4n) is 6.05. The minimum atomic E-state index is 0.0186. The Kier molecular flexibility index (Phi) is 36.7. The van der Waals surface area contributed by atoms with Gasteiger partial charge in [-0.15, -0.1) is 0 Å². The first-order valence-electron chi connectivity index (χ1n) is 20.0. The molecule has 0 saturated heterocycles. The van der Waals surface area contributed by atoms with Gasteiger partial charge in [0.1, 0.15) is 0 Å². The van der Waals surface area contributed by atoms with E-state index in [1.54, 1.807) is 0 Å². The summed E-state index contributed by atoms with van der Waals surface area (Å²) in [6.45, 7) is 7.61. The Balaban J connectivity index is 3.19. The van der Waals surface area contributed by atoms with Crippen LogP contribution in [0.2, 0.25) is 0 Å². The summed E-state index contributed by atoms with van der Waals surface area (Å²) in [6.07, 6.45) is 48.5. The number of hydrogen-bond acceptors (Lipinski definition) is 2. The quantitative estimate of drug-likeness (QED) is 0.0404. The number of carbonyl (C=O) groups excluding carboxylic acids is 1. The third kappa shape index (κ3) is 37.3. The van der Waals surface area contributed by atoms with E-state index in [0.717, 1.165) is 25.2 Å². The van der Waals surface area contributed by atoms with Gasteiger partial charge in [0.25, 0.3) is 0 Å². The van der Waals surface area contributed by atoms with Gasteiger partial charge in [-0.3, -0.25) is 4.79 Å². The van der Waals surface area contributed by atoms with Crippen molar-refractivity contribution in [3.8, 4) is 0 Å². The molecule has 0 radical (unpaired) electrons. The maximum Gasteiger partial charge on any atom is 0.305 e. The van der Waals surface area contributed by atoms with Gasteiger partial charge < -0.3 is 4.74 Å². The molecule has 0 spiro atoms. The predicted molar refractivity (Wildman–Crippen MR) is 193 cm³/mol. The summed E-state index contributed by atoms with van der Waals surface area (Å²) in [5, 5.41) is 0. The number of carbonyl (C=O) groups is 1. The molecule has 0 N–H and O–H groups in total. The summed E-state index contributed by atoms with van der Waals surface area (Å²) in [6, 6.07) is 0. The second-order valence-electron chi connectivity index (χ2n) is 13.9. The Bertz CT molecular complexity index is 554. The van der Waals surface area contributed by atoms with Gasteiger partial charge in [0.15, 0.2) is 0 Å². The van der Waals surface area contributed by atoms with Crippen LogP contribution >= 0.6 is 0 Å². The topological polar surface area (TPSA) is 26.3 Å². The van der Waals surface area contributed by atoms with Gasteiger partial charge in [-0.1, -0.05) is 200 Å². The van der Waals surface area contributed by atoms with E-state index in [-0.39, 0.29) is 5.97 Å². The zero-order chi connectivity index (χ0) is 31.3. The van der Waals surface area contributed by atoms with Crippen molar-refractivity contribution < 1.29 is 9.53 Å². The van der Waals surface area contributed by atoms with Gasteiger partial charge in [0.05, 0.1) is 6.61 Å². The average Bonchev–Trinajstić information content (AvgIpc) is 3.01. The summed E-state index contributed by atoms with van der Waals surface area (Å²) < 4.78 is 5.45. The molecule has 0 bridgehead atoms. The molecule has 0 saturated carbocycles. The molecule has 0 aromatic rings. The first-order valence-corrected chi connectivity index (χ1v) is 20.0. The van der Waals surface area contributed by atoms with Crippen molar-refractivity contribution in [1.29, 1.82) is 0 Å². The van der Waals surface area contributed by atoms with Crippen LogP contribution in [-0.2, 0) is 9.53 Å². The molecule has 0 rings (SSSR count). The molecule has 0 heterocycles. The number of ether oxygens (including phenoxy) is 1. The second kappa shape index (κ2) is 37.4. The SMILES string of the molecule is CCCCCCCC/C=C\CCCCCCCC(=O)OCCCCCCCCCCCCCCCCCCCC(C)CC. The van der Waals surface area contributed by atoms with Crippen LogP contribution in [0.4, 0.5) is 0 Å². The number of esters is 1. The average molecular weight is 605 g/mol. The van der Waals surface area contributed by atoms with E-state index < -0.39 is 0 Å². The summed E-state index contributed by atoms with van der Waals surface area (Å²) in [7, 11) is 0. The van der Waals surface area contributed by atoms with Gasteiger partial charge in [0.2, 0.25) is 0 Å². The lowest BCUT2D eigenvalue weighted by Crippen LogP contribution is -2.05. The molecular formula is C41H80O2. The van der Waals surface area contributed by atoms with E-state index in [4.69, 9.17) is 4.74 Å². The maximum absolute atomic E-state index is 12.0. The van der Waals surface area contributed by atoms with Crippen molar-refractivity contribution in [3.05, 3.63) is 12.2 Å². The van der Waals surface area contributed by atoms with Crippen LogP contribution in [0.15, 0.2) is 12.2 Å². The first kappa shape index (κ1) is 42.2. The highest BCUT2D eigenvalue weighted by molar-refractivity contribution is 5.69. The first-order chi connectivity index (χ1) is 21.2. The molecule has 0 aromatic heterocycles. The van der Waals surface area contributed by atoms with Gasteiger partial charge >= 0.3 is 5.97 Å². The number of rotatable bonds is 36. The van der Waals surface area contributed by atoms with E-state index in [1.807, 2.05) is 0 Å². The Morgan fingerprint density at radius 2 is 0.860 bits per heavy atom. The monoisotopic (exact) mass is 605 g/mol.